The second-order valence-electron chi connectivity index (χ2n) is 9.43. The number of phenols is 1. The van der Waals surface area contributed by atoms with Gasteiger partial charge in [-0.1, -0.05) is 25.2 Å². The third kappa shape index (κ3) is 3.33. The number of fused-ring (bicyclic) bond motifs is 3. The van der Waals surface area contributed by atoms with Gasteiger partial charge in [-0.2, -0.15) is 0 Å². The molecule has 2 N–H and O–H groups in total. The summed E-state index contributed by atoms with van der Waals surface area (Å²) in [4.78, 5) is 26.1. The lowest BCUT2D eigenvalue weighted by atomic mass is 9.94. The topological polar surface area (TPSA) is 98.0 Å². The van der Waals surface area contributed by atoms with Crippen molar-refractivity contribution in [1.82, 2.24) is 4.57 Å². The number of rotatable bonds is 5. The number of benzene rings is 2. The average Bonchev–Trinajstić information content (AvgIpc) is 3.39. The largest absolute Gasteiger partial charge is 0.507 e. The number of Topliss-reactive ketones (excluding diaryl/α,β-unsaturated/α-hetero) is 1. The van der Waals surface area contributed by atoms with Gasteiger partial charge in [0.15, 0.2) is 17.3 Å². The summed E-state index contributed by atoms with van der Waals surface area (Å²) >= 11 is 0. The molecule has 0 saturated heterocycles. The third-order valence-corrected chi connectivity index (χ3v) is 7.34. The number of ether oxygens (including phenoxy) is 2. The molecule has 1 aliphatic heterocycles. The minimum atomic E-state index is -1.12. The van der Waals surface area contributed by atoms with E-state index >= 15 is 0 Å². The standard InChI is InChI=1S/C28H25NO6/c1-3-15-9-21-20(7-14(15)2)25(18-6-4-5-16-8-19(16)27(18)31)26(28(32)33)29(21)12-17-10-23-24(11-22(17)30)35-13-34-23/h4-7,9-11,16,19,30H,3,8,12-13H2,1-2H3,(H,32,33). The van der Waals surface area contributed by atoms with E-state index in [0.29, 0.717) is 33.7 Å². The van der Waals surface area contributed by atoms with Crippen LogP contribution in [-0.4, -0.2) is 33.3 Å². The van der Waals surface area contributed by atoms with Crippen LogP contribution in [0.25, 0.3) is 16.5 Å². The van der Waals surface area contributed by atoms with Crippen molar-refractivity contribution in [3.63, 3.8) is 0 Å². The van der Waals surface area contributed by atoms with Crippen molar-refractivity contribution in [1.29, 1.82) is 0 Å². The first-order valence-corrected chi connectivity index (χ1v) is 11.8. The van der Waals surface area contributed by atoms with Gasteiger partial charge in [-0.05, 0) is 55.0 Å². The van der Waals surface area contributed by atoms with Gasteiger partial charge in [0.1, 0.15) is 11.4 Å². The Bertz CT molecular complexity index is 1490. The Morgan fingerprint density at radius 3 is 2.66 bits per heavy atom. The molecule has 0 radical (unpaired) electrons. The van der Waals surface area contributed by atoms with Crippen LogP contribution in [0.5, 0.6) is 17.2 Å². The first-order chi connectivity index (χ1) is 16.9. The number of phenolic OH excluding ortho intramolecular Hbond substituents is 1. The summed E-state index contributed by atoms with van der Waals surface area (Å²) in [5.74, 6) is -0.0445. The number of hydrogen-bond donors (Lipinski definition) is 2. The predicted molar refractivity (Wildman–Crippen MR) is 130 cm³/mol. The fourth-order valence-electron chi connectivity index (χ4n) is 5.37. The molecule has 178 valence electrons. The smallest absolute Gasteiger partial charge is 0.353 e. The number of aromatic carboxylic acids is 1. The van der Waals surface area contributed by atoms with Gasteiger partial charge in [0.05, 0.1) is 6.54 Å². The summed E-state index contributed by atoms with van der Waals surface area (Å²) in [7, 11) is 0. The fraction of sp³-hybridized carbons (Fsp3) is 0.286. The first-order valence-electron chi connectivity index (χ1n) is 11.8. The Hall–Kier alpha value is -4.00. The quantitative estimate of drug-likeness (QED) is 0.552. The lowest BCUT2D eigenvalue weighted by Gasteiger charge is -2.13. The minimum absolute atomic E-state index is 0.00895. The predicted octanol–water partition coefficient (Wildman–Crippen LogP) is 4.85. The number of aryl methyl sites for hydroxylation is 2. The van der Waals surface area contributed by atoms with E-state index in [1.807, 2.05) is 31.2 Å². The third-order valence-electron chi connectivity index (χ3n) is 7.34. The highest BCUT2D eigenvalue weighted by atomic mass is 16.7. The van der Waals surface area contributed by atoms with Crippen LogP contribution in [0.3, 0.4) is 0 Å². The van der Waals surface area contributed by atoms with Gasteiger partial charge in [0, 0.05) is 39.6 Å². The molecule has 35 heavy (non-hydrogen) atoms. The van der Waals surface area contributed by atoms with Gasteiger partial charge in [-0.15, -0.1) is 0 Å². The molecule has 2 aromatic carbocycles. The second kappa shape index (κ2) is 7.77. The van der Waals surface area contributed by atoms with E-state index in [1.165, 1.54) is 6.07 Å². The Kier molecular flexibility index (Phi) is 4.78. The Balaban J connectivity index is 1.61. The molecule has 1 fully saturated rings. The molecule has 0 amide bonds. The molecule has 1 saturated carbocycles. The Morgan fingerprint density at radius 2 is 1.91 bits per heavy atom. The van der Waals surface area contributed by atoms with E-state index in [0.717, 1.165) is 29.4 Å². The van der Waals surface area contributed by atoms with Crippen molar-refractivity contribution < 1.29 is 29.3 Å². The highest BCUT2D eigenvalue weighted by Gasteiger charge is 2.44. The number of aromatic hydroxyl groups is 1. The van der Waals surface area contributed by atoms with Gasteiger partial charge >= 0.3 is 5.97 Å². The van der Waals surface area contributed by atoms with Gasteiger partial charge in [0.25, 0.3) is 0 Å². The zero-order valence-electron chi connectivity index (χ0n) is 19.5. The van der Waals surface area contributed by atoms with Crippen LogP contribution in [0.15, 0.2) is 42.5 Å². The second-order valence-corrected chi connectivity index (χ2v) is 9.43. The molecule has 7 heteroatoms. The molecule has 1 aromatic heterocycles. The number of nitrogens with zero attached hydrogens (tertiary/aromatic N) is 1. The minimum Gasteiger partial charge on any atom is -0.507 e. The molecule has 6 rings (SSSR count). The van der Waals surface area contributed by atoms with Crippen LogP contribution in [0.1, 0.15) is 46.1 Å². The maximum Gasteiger partial charge on any atom is 0.353 e. The van der Waals surface area contributed by atoms with Crippen molar-refractivity contribution in [2.75, 3.05) is 6.79 Å². The summed E-state index contributed by atoms with van der Waals surface area (Å²) < 4.78 is 12.5. The summed E-state index contributed by atoms with van der Waals surface area (Å²) in [6.45, 7) is 4.22. The van der Waals surface area contributed by atoms with Crippen LogP contribution in [-0.2, 0) is 17.8 Å². The SMILES string of the molecule is CCc1cc2c(cc1C)c(C1=CC=CC3CC3C1=O)c(C(=O)O)n2Cc1cc2c(cc1O)OCO2. The van der Waals surface area contributed by atoms with Gasteiger partial charge in [0.2, 0.25) is 6.79 Å². The van der Waals surface area contributed by atoms with Crippen LogP contribution in [0.2, 0.25) is 0 Å². The number of carboxylic acid groups (broad SMARTS) is 1. The molecule has 2 aliphatic carbocycles. The molecule has 7 nitrogen and oxygen atoms in total. The number of carboxylic acids is 1. The van der Waals surface area contributed by atoms with E-state index in [1.54, 1.807) is 16.7 Å². The van der Waals surface area contributed by atoms with E-state index in [-0.39, 0.29) is 42.4 Å². The maximum atomic E-state index is 13.4. The van der Waals surface area contributed by atoms with Gasteiger partial charge in [-0.25, -0.2) is 4.79 Å². The van der Waals surface area contributed by atoms with Crippen molar-refractivity contribution in [3.05, 3.63) is 70.4 Å². The lowest BCUT2D eigenvalue weighted by molar-refractivity contribution is -0.115. The summed E-state index contributed by atoms with van der Waals surface area (Å²) in [5, 5.41) is 21.8. The zero-order valence-corrected chi connectivity index (χ0v) is 19.5. The van der Waals surface area contributed by atoms with Crippen molar-refractivity contribution in [2.45, 2.75) is 33.2 Å². The molecule has 2 unspecified atom stereocenters. The number of hydrogen-bond acceptors (Lipinski definition) is 5. The van der Waals surface area contributed by atoms with Crippen LogP contribution in [0.4, 0.5) is 0 Å². The molecule has 0 bridgehead atoms. The number of aromatic nitrogens is 1. The molecule has 0 spiro atoms. The zero-order chi connectivity index (χ0) is 24.4. The van der Waals surface area contributed by atoms with Gasteiger partial charge < -0.3 is 24.3 Å². The first kappa shape index (κ1) is 21.5. The lowest BCUT2D eigenvalue weighted by Crippen LogP contribution is -2.14. The summed E-state index contributed by atoms with van der Waals surface area (Å²) in [5.41, 5.74) is 4.28. The molecule has 2 atom stereocenters. The van der Waals surface area contributed by atoms with Crippen molar-refractivity contribution in [3.8, 4) is 17.2 Å². The van der Waals surface area contributed by atoms with E-state index < -0.39 is 5.97 Å². The fourth-order valence-corrected chi connectivity index (χ4v) is 5.37. The van der Waals surface area contributed by atoms with E-state index in [4.69, 9.17) is 9.47 Å². The van der Waals surface area contributed by atoms with E-state index in [9.17, 15) is 19.8 Å². The molecular weight excluding hydrogens is 446 g/mol. The number of ketones is 1. The monoisotopic (exact) mass is 471 g/mol. The van der Waals surface area contributed by atoms with Crippen molar-refractivity contribution >= 4 is 28.2 Å². The number of carbonyl (C=O) groups is 2. The van der Waals surface area contributed by atoms with Crippen LogP contribution >= 0.6 is 0 Å². The van der Waals surface area contributed by atoms with Crippen molar-refractivity contribution in [2.24, 2.45) is 11.8 Å². The molecule has 3 aliphatic rings. The number of allylic oxidation sites excluding steroid dienone is 4. The Labute approximate surface area is 201 Å². The molecule has 2 heterocycles. The normalized spacial score (nSPS) is 20.1. The van der Waals surface area contributed by atoms with E-state index in [2.05, 4.69) is 6.92 Å². The van der Waals surface area contributed by atoms with Crippen LogP contribution < -0.4 is 9.47 Å². The summed E-state index contributed by atoms with van der Waals surface area (Å²) in [6.07, 6.45) is 7.24. The van der Waals surface area contributed by atoms with Crippen LogP contribution in [0, 0.1) is 18.8 Å². The molecular formula is C28H25NO6. The maximum absolute atomic E-state index is 13.4. The van der Waals surface area contributed by atoms with Gasteiger partial charge in [-0.3, -0.25) is 4.79 Å². The molecule has 3 aromatic rings. The highest BCUT2D eigenvalue weighted by molar-refractivity contribution is 6.28. The average molecular weight is 472 g/mol. The highest BCUT2D eigenvalue weighted by Crippen LogP contribution is 2.47. The number of carbonyl (C=O) groups excluding carboxylic acids is 1. The Morgan fingerprint density at radius 1 is 1.14 bits per heavy atom. The summed E-state index contributed by atoms with van der Waals surface area (Å²) in [6, 6.07) is 7.15.